The van der Waals surface area contributed by atoms with Gasteiger partial charge in [0.05, 0.1) is 6.61 Å². The molecule has 0 saturated carbocycles. The van der Waals surface area contributed by atoms with Gasteiger partial charge in [-0.15, -0.1) is 0 Å². The molecule has 0 aromatic heterocycles. The van der Waals surface area contributed by atoms with Crippen molar-refractivity contribution in [3.8, 4) is 0 Å². The number of esters is 1. The van der Waals surface area contributed by atoms with Crippen LogP contribution in [-0.2, 0) is 9.53 Å². The largest absolute Gasteiger partial charge is 0.433 e. The number of aliphatic hydroxyl groups is 4. The minimum atomic E-state index is -1.81. The second-order valence-electron chi connectivity index (χ2n) is 7.82. The molecule has 0 bridgehead atoms. The third-order valence-corrected chi connectivity index (χ3v) is 5.11. The number of hydrogen-bond donors (Lipinski definition) is 4. The fraction of sp³-hybridized carbons (Fsp3) is 0.955. The summed E-state index contributed by atoms with van der Waals surface area (Å²) >= 11 is 0. The molecule has 0 amide bonds. The molecule has 0 aromatic rings. The van der Waals surface area contributed by atoms with Crippen molar-refractivity contribution in [1.29, 1.82) is 0 Å². The monoisotopic (exact) mass is 404 g/mol. The Morgan fingerprint density at radius 1 is 0.714 bits per heavy atom. The van der Waals surface area contributed by atoms with Crippen LogP contribution in [0.25, 0.3) is 0 Å². The van der Waals surface area contributed by atoms with Crippen LogP contribution in [0.1, 0.15) is 110 Å². The van der Waals surface area contributed by atoms with Gasteiger partial charge in [-0.05, 0) is 6.42 Å². The Morgan fingerprint density at radius 2 is 1.11 bits per heavy atom. The molecule has 0 rings (SSSR count). The maximum Gasteiger partial charge on any atom is 0.308 e. The Kier molecular flexibility index (Phi) is 19.1. The summed E-state index contributed by atoms with van der Waals surface area (Å²) in [5.74, 6) is -0.605. The van der Waals surface area contributed by atoms with Gasteiger partial charge in [-0.25, -0.2) is 0 Å². The third kappa shape index (κ3) is 16.3. The Balaban J connectivity index is 3.35. The lowest BCUT2D eigenvalue weighted by Gasteiger charge is -2.21. The molecule has 28 heavy (non-hydrogen) atoms. The second kappa shape index (κ2) is 19.6. The zero-order valence-electron chi connectivity index (χ0n) is 17.9. The molecule has 0 spiro atoms. The summed E-state index contributed by atoms with van der Waals surface area (Å²) in [4.78, 5) is 11.6. The molecule has 0 saturated heterocycles. The van der Waals surface area contributed by atoms with E-state index in [9.17, 15) is 20.1 Å². The Morgan fingerprint density at radius 3 is 1.50 bits per heavy atom. The molecule has 0 heterocycles. The summed E-state index contributed by atoms with van der Waals surface area (Å²) in [6.07, 6.45) is 13.8. The highest BCUT2D eigenvalue weighted by Gasteiger charge is 2.27. The van der Waals surface area contributed by atoms with Crippen LogP contribution in [0, 0.1) is 0 Å². The highest BCUT2D eigenvalue weighted by Crippen LogP contribution is 2.14. The van der Waals surface area contributed by atoms with Crippen molar-refractivity contribution in [2.75, 3.05) is 6.61 Å². The average Bonchev–Trinajstić information content (AvgIpc) is 2.69. The molecule has 1 unspecified atom stereocenters. The van der Waals surface area contributed by atoms with E-state index in [-0.39, 0.29) is 6.42 Å². The van der Waals surface area contributed by atoms with E-state index in [1.165, 1.54) is 77.0 Å². The van der Waals surface area contributed by atoms with Gasteiger partial charge in [0, 0.05) is 6.42 Å². The number of ether oxygens (including phenoxy) is 1. The van der Waals surface area contributed by atoms with Crippen LogP contribution in [-0.4, -0.2) is 51.5 Å². The number of carbonyl (C=O) groups is 1. The molecule has 0 aromatic carbocycles. The summed E-state index contributed by atoms with van der Waals surface area (Å²) in [5.41, 5.74) is 0. The van der Waals surface area contributed by atoms with Crippen LogP contribution in [0.3, 0.4) is 0 Å². The van der Waals surface area contributed by atoms with Gasteiger partial charge in [-0.1, -0.05) is 96.8 Å². The Labute approximate surface area is 171 Å². The van der Waals surface area contributed by atoms with Crippen molar-refractivity contribution in [1.82, 2.24) is 0 Å². The van der Waals surface area contributed by atoms with Crippen molar-refractivity contribution in [2.24, 2.45) is 0 Å². The van der Waals surface area contributed by atoms with Crippen molar-refractivity contribution >= 4 is 5.97 Å². The molecule has 0 aliphatic heterocycles. The first-order valence-corrected chi connectivity index (χ1v) is 11.4. The number of carbonyl (C=O) groups excluding carboxylic acids is 1. The van der Waals surface area contributed by atoms with E-state index in [0.29, 0.717) is 6.42 Å². The molecule has 0 radical (unpaired) electrons. The first-order chi connectivity index (χ1) is 13.5. The summed E-state index contributed by atoms with van der Waals surface area (Å²) in [7, 11) is 0. The molecular formula is C22H44O6. The van der Waals surface area contributed by atoms with E-state index in [1.807, 2.05) is 0 Å². The van der Waals surface area contributed by atoms with Crippen LogP contribution in [0.15, 0.2) is 0 Å². The van der Waals surface area contributed by atoms with Crippen molar-refractivity contribution in [3.05, 3.63) is 0 Å². The maximum absolute atomic E-state index is 11.6. The van der Waals surface area contributed by atoms with Gasteiger partial charge in [-0.3, -0.25) is 4.79 Å². The average molecular weight is 405 g/mol. The van der Waals surface area contributed by atoms with Gasteiger partial charge in [0.1, 0.15) is 12.2 Å². The van der Waals surface area contributed by atoms with Crippen molar-refractivity contribution < 1.29 is 30.0 Å². The van der Waals surface area contributed by atoms with E-state index in [2.05, 4.69) is 11.7 Å². The summed E-state index contributed by atoms with van der Waals surface area (Å²) in [6.45, 7) is 1.54. The predicted molar refractivity (Wildman–Crippen MR) is 111 cm³/mol. The van der Waals surface area contributed by atoms with Crippen LogP contribution < -0.4 is 0 Å². The highest BCUT2D eigenvalue weighted by atomic mass is 16.6. The Hall–Kier alpha value is -0.690. The zero-order valence-corrected chi connectivity index (χ0v) is 17.9. The molecule has 0 aliphatic carbocycles. The number of unbranched alkanes of at least 4 members (excludes halogenated alkanes) is 14. The summed E-state index contributed by atoms with van der Waals surface area (Å²) in [5, 5.41) is 36.7. The molecule has 0 aliphatic rings. The topological polar surface area (TPSA) is 107 Å². The minimum absolute atomic E-state index is 0.178. The van der Waals surface area contributed by atoms with E-state index < -0.39 is 31.1 Å². The molecule has 6 heteroatoms. The summed E-state index contributed by atoms with van der Waals surface area (Å²) in [6, 6.07) is 0. The molecule has 4 N–H and O–H groups in total. The van der Waals surface area contributed by atoms with E-state index in [0.717, 1.165) is 12.8 Å². The van der Waals surface area contributed by atoms with Crippen LogP contribution in [0.5, 0.6) is 0 Å². The fourth-order valence-electron chi connectivity index (χ4n) is 3.20. The number of rotatable bonds is 20. The first-order valence-electron chi connectivity index (χ1n) is 11.4. The fourth-order valence-corrected chi connectivity index (χ4v) is 3.20. The lowest BCUT2D eigenvalue weighted by Crippen LogP contribution is -2.41. The first kappa shape index (κ1) is 27.3. The van der Waals surface area contributed by atoms with Gasteiger partial charge < -0.3 is 25.2 Å². The molecular weight excluding hydrogens is 360 g/mol. The second-order valence-corrected chi connectivity index (χ2v) is 7.82. The van der Waals surface area contributed by atoms with Gasteiger partial charge in [0.2, 0.25) is 6.29 Å². The van der Waals surface area contributed by atoms with Gasteiger partial charge in [-0.2, -0.15) is 0 Å². The highest BCUT2D eigenvalue weighted by molar-refractivity contribution is 5.69. The molecule has 6 nitrogen and oxygen atoms in total. The minimum Gasteiger partial charge on any atom is -0.433 e. The lowest BCUT2D eigenvalue weighted by atomic mass is 10.0. The van der Waals surface area contributed by atoms with E-state index >= 15 is 0 Å². The predicted octanol–water partition coefficient (Wildman–Crippen LogP) is 3.82. The van der Waals surface area contributed by atoms with Crippen molar-refractivity contribution in [2.45, 2.75) is 128 Å². The lowest BCUT2D eigenvalue weighted by molar-refractivity contribution is -0.201. The summed E-state index contributed by atoms with van der Waals surface area (Å²) < 4.78 is 4.65. The molecule has 168 valence electrons. The van der Waals surface area contributed by atoms with Crippen molar-refractivity contribution in [3.63, 3.8) is 0 Å². The van der Waals surface area contributed by atoms with Gasteiger partial charge in [0.25, 0.3) is 0 Å². The number of aliphatic hydroxyl groups excluding tert-OH is 4. The smallest absolute Gasteiger partial charge is 0.308 e. The molecule has 3 atom stereocenters. The SMILES string of the molecule is CCCCCCCCCCCCCCCCCC(=O)OC(O)[C@@H](O)[C@@H](O)CO. The zero-order chi connectivity index (χ0) is 21.0. The standard InChI is InChI=1S/C22H44O6/c1-2-3-4-5-6-7-8-9-10-11-12-13-14-15-16-17-20(25)28-22(27)21(26)19(24)18-23/h19,21-24,26-27H,2-18H2,1H3/t19-,21-,22?/m0/s1. The van der Waals surface area contributed by atoms with Gasteiger partial charge in [0.15, 0.2) is 0 Å². The third-order valence-electron chi connectivity index (χ3n) is 5.11. The molecule has 0 fully saturated rings. The van der Waals surface area contributed by atoms with E-state index in [1.54, 1.807) is 0 Å². The normalized spacial score (nSPS) is 14.6. The quantitative estimate of drug-likeness (QED) is 0.140. The Bertz CT molecular complexity index is 350. The number of hydrogen-bond acceptors (Lipinski definition) is 6. The van der Waals surface area contributed by atoms with Crippen LogP contribution >= 0.6 is 0 Å². The van der Waals surface area contributed by atoms with Crippen LogP contribution in [0.2, 0.25) is 0 Å². The van der Waals surface area contributed by atoms with Crippen LogP contribution in [0.4, 0.5) is 0 Å². The maximum atomic E-state index is 11.6. The van der Waals surface area contributed by atoms with Gasteiger partial charge >= 0.3 is 5.97 Å². The van der Waals surface area contributed by atoms with E-state index in [4.69, 9.17) is 5.11 Å².